The highest BCUT2D eigenvalue weighted by atomic mass is 15.0. The molecule has 2 aromatic heterocycles. The second-order valence-electron chi connectivity index (χ2n) is 4.74. The molecule has 3 rings (SSSR count). The van der Waals surface area contributed by atoms with E-state index in [1.807, 2.05) is 17.0 Å². The number of hydrogen-bond acceptors (Lipinski definition) is 3. The maximum Gasteiger partial charge on any atom is 0.0991 e. The van der Waals surface area contributed by atoms with Crippen molar-refractivity contribution in [3.8, 4) is 5.69 Å². The van der Waals surface area contributed by atoms with Gasteiger partial charge in [0.1, 0.15) is 0 Å². The van der Waals surface area contributed by atoms with Gasteiger partial charge in [0.05, 0.1) is 12.7 Å². The quantitative estimate of drug-likeness (QED) is 0.746. The first-order valence-electron chi connectivity index (χ1n) is 6.62. The van der Waals surface area contributed by atoms with Crippen LogP contribution in [0.25, 0.3) is 5.69 Å². The summed E-state index contributed by atoms with van der Waals surface area (Å²) in [5, 5.41) is 3.47. The Balaban J connectivity index is 1.65. The molecule has 0 aliphatic carbocycles. The fraction of sp³-hybridized carbons (Fsp3) is 0.200. The number of aromatic nitrogens is 4. The molecule has 3 aromatic rings. The zero-order chi connectivity index (χ0) is 13.8. The number of nitrogens with zero attached hydrogens (tertiary/aromatic N) is 3. The van der Waals surface area contributed by atoms with Crippen molar-refractivity contribution >= 4 is 0 Å². The molecule has 5 nitrogen and oxygen atoms in total. The van der Waals surface area contributed by atoms with Crippen LogP contribution in [0, 0.1) is 0 Å². The van der Waals surface area contributed by atoms with E-state index < -0.39 is 0 Å². The molecule has 1 atom stereocenters. The number of benzene rings is 1. The number of H-pyrrole nitrogens is 1. The normalized spacial score (nSPS) is 12.4. The third-order valence-electron chi connectivity index (χ3n) is 3.35. The average Bonchev–Trinajstić information content (AvgIpc) is 3.18. The van der Waals surface area contributed by atoms with Crippen molar-refractivity contribution in [1.29, 1.82) is 0 Å². The summed E-state index contributed by atoms with van der Waals surface area (Å²) in [4.78, 5) is 11.2. The Morgan fingerprint density at radius 1 is 1.25 bits per heavy atom. The van der Waals surface area contributed by atoms with Gasteiger partial charge in [0.15, 0.2) is 0 Å². The van der Waals surface area contributed by atoms with Gasteiger partial charge in [0, 0.05) is 42.6 Å². The molecular weight excluding hydrogens is 250 g/mol. The molecule has 0 amide bonds. The predicted octanol–water partition coefficient (Wildman–Crippen LogP) is 2.45. The van der Waals surface area contributed by atoms with Gasteiger partial charge in [-0.15, -0.1) is 0 Å². The van der Waals surface area contributed by atoms with Crippen molar-refractivity contribution in [1.82, 2.24) is 24.8 Å². The van der Waals surface area contributed by atoms with Gasteiger partial charge in [-0.3, -0.25) is 0 Å². The van der Waals surface area contributed by atoms with Crippen LogP contribution in [0.4, 0.5) is 0 Å². The monoisotopic (exact) mass is 267 g/mol. The van der Waals surface area contributed by atoms with Gasteiger partial charge in [-0.05, 0) is 24.6 Å². The van der Waals surface area contributed by atoms with Crippen LogP contribution in [0.3, 0.4) is 0 Å². The SMILES string of the molecule is CC(NCc1cnc[nH]1)c1ccc(-n2ccnc2)cc1. The maximum absolute atomic E-state index is 4.06. The van der Waals surface area contributed by atoms with Crippen LogP contribution in [-0.2, 0) is 6.54 Å². The van der Waals surface area contributed by atoms with Crippen LogP contribution >= 0.6 is 0 Å². The van der Waals surface area contributed by atoms with Crippen molar-refractivity contribution in [2.24, 2.45) is 0 Å². The van der Waals surface area contributed by atoms with Crippen molar-refractivity contribution in [2.45, 2.75) is 19.5 Å². The summed E-state index contributed by atoms with van der Waals surface area (Å²) < 4.78 is 1.99. The Morgan fingerprint density at radius 3 is 2.75 bits per heavy atom. The van der Waals surface area contributed by atoms with Crippen molar-refractivity contribution in [3.63, 3.8) is 0 Å². The first-order chi connectivity index (χ1) is 9.83. The highest BCUT2D eigenvalue weighted by Gasteiger charge is 2.05. The molecular formula is C15H17N5. The number of rotatable bonds is 5. The first-order valence-corrected chi connectivity index (χ1v) is 6.62. The molecule has 0 saturated heterocycles. The van der Waals surface area contributed by atoms with Crippen LogP contribution in [0.1, 0.15) is 24.2 Å². The van der Waals surface area contributed by atoms with E-state index in [0.29, 0.717) is 0 Å². The molecule has 2 heterocycles. The molecule has 1 aromatic carbocycles. The number of aromatic amines is 1. The van der Waals surface area contributed by atoms with Gasteiger partial charge in [-0.1, -0.05) is 12.1 Å². The Kier molecular flexibility index (Phi) is 3.60. The lowest BCUT2D eigenvalue weighted by atomic mass is 10.1. The lowest BCUT2D eigenvalue weighted by Gasteiger charge is -2.14. The van der Waals surface area contributed by atoms with Gasteiger partial charge in [0.25, 0.3) is 0 Å². The Bertz CT molecular complexity index is 625. The standard InChI is InChI=1S/C15H17N5/c1-12(18-9-14-8-17-10-19-14)13-2-4-15(5-3-13)20-7-6-16-11-20/h2-8,10-12,18H,9H2,1H3,(H,17,19). The topological polar surface area (TPSA) is 58.5 Å². The molecule has 2 N–H and O–H groups in total. The summed E-state index contributed by atoms with van der Waals surface area (Å²) in [6.45, 7) is 2.94. The number of imidazole rings is 2. The minimum Gasteiger partial charge on any atom is -0.347 e. The van der Waals surface area contributed by atoms with E-state index in [1.54, 1.807) is 18.9 Å². The Labute approximate surface area is 117 Å². The summed E-state index contributed by atoms with van der Waals surface area (Å²) in [5.74, 6) is 0. The number of nitrogens with one attached hydrogen (secondary N) is 2. The van der Waals surface area contributed by atoms with Crippen molar-refractivity contribution < 1.29 is 0 Å². The van der Waals surface area contributed by atoms with E-state index in [-0.39, 0.29) is 6.04 Å². The molecule has 5 heteroatoms. The molecule has 0 aliphatic heterocycles. The van der Waals surface area contributed by atoms with Crippen molar-refractivity contribution in [3.05, 3.63) is 66.8 Å². The third kappa shape index (κ3) is 2.78. The van der Waals surface area contributed by atoms with Gasteiger partial charge in [-0.25, -0.2) is 9.97 Å². The third-order valence-corrected chi connectivity index (χ3v) is 3.35. The van der Waals surface area contributed by atoms with E-state index in [4.69, 9.17) is 0 Å². The van der Waals surface area contributed by atoms with Gasteiger partial charge < -0.3 is 14.9 Å². The fourth-order valence-corrected chi connectivity index (χ4v) is 2.11. The highest BCUT2D eigenvalue weighted by Crippen LogP contribution is 2.16. The molecule has 20 heavy (non-hydrogen) atoms. The predicted molar refractivity (Wildman–Crippen MR) is 77.4 cm³/mol. The molecule has 0 aliphatic rings. The average molecular weight is 267 g/mol. The van der Waals surface area contributed by atoms with Gasteiger partial charge in [-0.2, -0.15) is 0 Å². The Morgan fingerprint density at radius 2 is 2.10 bits per heavy atom. The second kappa shape index (κ2) is 5.71. The summed E-state index contributed by atoms with van der Waals surface area (Å²) in [7, 11) is 0. The first kappa shape index (κ1) is 12.6. The largest absolute Gasteiger partial charge is 0.347 e. The molecule has 102 valence electrons. The summed E-state index contributed by atoms with van der Waals surface area (Å²) in [5.41, 5.74) is 3.47. The number of hydrogen-bond donors (Lipinski definition) is 2. The summed E-state index contributed by atoms with van der Waals surface area (Å²) in [6, 6.07) is 8.77. The zero-order valence-corrected chi connectivity index (χ0v) is 11.3. The van der Waals surface area contributed by atoms with E-state index in [0.717, 1.165) is 17.9 Å². The fourth-order valence-electron chi connectivity index (χ4n) is 2.11. The van der Waals surface area contributed by atoms with Crippen LogP contribution in [-0.4, -0.2) is 19.5 Å². The van der Waals surface area contributed by atoms with E-state index in [2.05, 4.69) is 51.5 Å². The van der Waals surface area contributed by atoms with E-state index in [1.165, 1.54) is 5.56 Å². The molecule has 0 spiro atoms. The van der Waals surface area contributed by atoms with Crippen LogP contribution < -0.4 is 5.32 Å². The molecule has 0 bridgehead atoms. The minimum absolute atomic E-state index is 0.287. The van der Waals surface area contributed by atoms with Gasteiger partial charge >= 0.3 is 0 Å². The Hall–Kier alpha value is -2.40. The smallest absolute Gasteiger partial charge is 0.0991 e. The lowest BCUT2D eigenvalue weighted by molar-refractivity contribution is 0.569. The second-order valence-corrected chi connectivity index (χ2v) is 4.74. The lowest BCUT2D eigenvalue weighted by Crippen LogP contribution is -2.18. The summed E-state index contributed by atoms with van der Waals surface area (Å²) >= 11 is 0. The molecule has 0 saturated carbocycles. The van der Waals surface area contributed by atoms with Crippen molar-refractivity contribution in [2.75, 3.05) is 0 Å². The zero-order valence-electron chi connectivity index (χ0n) is 11.3. The van der Waals surface area contributed by atoms with E-state index >= 15 is 0 Å². The molecule has 0 radical (unpaired) electrons. The highest BCUT2D eigenvalue weighted by molar-refractivity contribution is 5.35. The van der Waals surface area contributed by atoms with Crippen LogP contribution in [0.2, 0.25) is 0 Å². The van der Waals surface area contributed by atoms with E-state index in [9.17, 15) is 0 Å². The van der Waals surface area contributed by atoms with Crippen LogP contribution in [0.15, 0.2) is 55.5 Å². The van der Waals surface area contributed by atoms with Crippen LogP contribution in [0.5, 0.6) is 0 Å². The summed E-state index contributed by atoms with van der Waals surface area (Å²) in [6.07, 6.45) is 9.05. The molecule has 1 unspecified atom stereocenters. The van der Waals surface area contributed by atoms with Gasteiger partial charge in [0.2, 0.25) is 0 Å². The minimum atomic E-state index is 0.287. The molecule has 0 fully saturated rings. The maximum atomic E-state index is 4.06.